The van der Waals surface area contributed by atoms with E-state index in [9.17, 15) is 14.4 Å². The summed E-state index contributed by atoms with van der Waals surface area (Å²) >= 11 is 1.25. The molecule has 0 bridgehead atoms. The Hall–Kier alpha value is -3.39. The number of furan rings is 1. The number of hydrogen-bond acceptors (Lipinski definition) is 5. The lowest BCUT2D eigenvalue weighted by Crippen LogP contribution is -2.41. The lowest BCUT2D eigenvalue weighted by atomic mass is 10.1. The number of hydrogen-bond donors (Lipinski definition) is 1. The number of fused-ring (bicyclic) bond motifs is 1. The van der Waals surface area contributed by atoms with Crippen LogP contribution in [-0.4, -0.2) is 15.0 Å². The average Bonchev–Trinajstić information content (AvgIpc) is 3.38. The number of rotatable bonds is 5. The first-order chi connectivity index (χ1) is 14.0. The fourth-order valence-electron chi connectivity index (χ4n) is 3.21. The van der Waals surface area contributed by atoms with Crippen LogP contribution < -0.4 is 16.6 Å². The van der Waals surface area contributed by atoms with Gasteiger partial charge in [0.05, 0.1) is 24.0 Å². The Kier molecular flexibility index (Phi) is 4.94. The lowest BCUT2D eigenvalue weighted by molar-refractivity contribution is -0.121. The summed E-state index contributed by atoms with van der Waals surface area (Å²) in [5.74, 6) is 0.272. The van der Waals surface area contributed by atoms with Gasteiger partial charge in [0.1, 0.15) is 17.0 Å². The Morgan fingerprint density at radius 3 is 2.76 bits per heavy atom. The van der Waals surface area contributed by atoms with Crippen LogP contribution in [0, 0.1) is 13.8 Å². The van der Waals surface area contributed by atoms with E-state index >= 15 is 0 Å². The van der Waals surface area contributed by atoms with Crippen LogP contribution in [0.25, 0.3) is 15.9 Å². The Balaban J connectivity index is 1.79. The second kappa shape index (κ2) is 7.56. The van der Waals surface area contributed by atoms with Crippen molar-refractivity contribution in [1.82, 2.24) is 14.5 Å². The van der Waals surface area contributed by atoms with Crippen LogP contribution in [0.5, 0.6) is 0 Å². The van der Waals surface area contributed by atoms with E-state index in [1.807, 2.05) is 26.0 Å². The third-order valence-electron chi connectivity index (χ3n) is 4.70. The van der Waals surface area contributed by atoms with Gasteiger partial charge in [0.2, 0.25) is 5.91 Å². The zero-order valence-corrected chi connectivity index (χ0v) is 16.8. The van der Waals surface area contributed by atoms with Gasteiger partial charge in [-0.3, -0.25) is 14.2 Å². The molecule has 0 aliphatic carbocycles. The molecule has 0 atom stereocenters. The van der Waals surface area contributed by atoms with Gasteiger partial charge in [0.25, 0.3) is 5.56 Å². The van der Waals surface area contributed by atoms with Crippen LogP contribution in [0.4, 0.5) is 0 Å². The van der Waals surface area contributed by atoms with Crippen molar-refractivity contribution in [2.75, 3.05) is 0 Å². The predicted molar refractivity (Wildman–Crippen MR) is 112 cm³/mol. The fourth-order valence-corrected chi connectivity index (χ4v) is 4.04. The molecule has 8 heteroatoms. The molecule has 4 rings (SSSR count). The highest BCUT2D eigenvalue weighted by Gasteiger charge is 2.18. The molecular formula is C21H19N3O4S. The van der Waals surface area contributed by atoms with Crippen molar-refractivity contribution in [3.63, 3.8) is 0 Å². The van der Waals surface area contributed by atoms with Gasteiger partial charge in [-0.15, -0.1) is 11.3 Å². The van der Waals surface area contributed by atoms with Gasteiger partial charge in [-0.25, -0.2) is 9.36 Å². The minimum atomic E-state index is -0.539. The summed E-state index contributed by atoms with van der Waals surface area (Å²) in [6, 6.07) is 10.8. The highest BCUT2D eigenvalue weighted by Crippen LogP contribution is 2.18. The minimum Gasteiger partial charge on any atom is -0.467 e. The van der Waals surface area contributed by atoms with E-state index in [0.29, 0.717) is 21.7 Å². The fraction of sp³-hybridized carbons (Fsp3) is 0.190. The first-order valence-electron chi connectivity index (χ1n) is 9.05. The van der Waals surface area contributed by atoms with Gasteiger partial charge >= 0.3 is 5.69 Å². The topological polar surface area (TPSA) is 86.2 Å². The van der Waals surface area contributed by atoms with E-state index in [4.69, 9.17) is 4.42 Å². The molecule has 0 saturated carbocycles. The van der Waals surface area contributed by atoms with Crippen molar-refractivity contribution in [1.29, 1.82) is 0 Å². The minimum absolute atomic E-state index is 0.197. The van der Waals surface area contributed by atoms with E-state index in [1.54, 1.807) is 29.6 Å². The van der Waals surface area contributed by atoms with Gasteiger partial charge < -0.3 is 9.73 Å². The summed E-state index contributed by atoms with van der Waals surface area (Å²) in [4.78, 5) is 38.8. The maximum absolute atomic E-state index is 13.3. The monoisotopic (exact) mass is 409 g/mol. The molecule has 0 fully saturated rings. The van der Waals surface area contributed by atoms with E-state index in [0.717, 1.165) is 15.7 Å². The van der Waals surface area contributed by atoms with Gasteiger partial charge in [-0.1, -0.05) is 12.1 Å². The Labute approximate surface area is 169 Å². The molecule has 0 aliphatic rings. The number of carbonyl (C=O) groups excluding carboxylic acids is 1. The van der Waals surface area contributed by atoms with E-state index < -0.39 is 5.69 Å². The van der Waals surface area contributed by atoms with Crippen molar-refractivity contribution < 1.29 is 9.21 Å². The number of nitrogens with one attached hydrogen (secondary N) is 1. The molecule has 3 heterocycles. The Bertz CT molecular complexity index is 1310. The molecule has 4 aromatic rings. The number of thiophene rings is 1. The molecule has 0 radical (unpaired) electrons. The maximum Gasteiger partial charge on any atom is 0.336 e. The van der Waals surface area contributed by atoms with Crippen molar-refractivity contribution in [2.45, 2.75) is 26.9 Å². The van der Waals surface area contributed by atoms with E-state index in [1.165, 1.54) is 22.2 Å². The third-order valence-corrected chi connectivity index (χ3v) is 5.59. The smallest absolute Gasteiger partial charge is 0.336 e. The SMILES string of the molecule is Cc1ccc(C)c(-n2c(=O)c3sccc3n(CC(=O)NCc3ccco3)c2=O)c1. The number of carbonyl (C=O) groups is 1. The van der Waals surface area contributed by atoms with Gasteiger partial charge in [-0.2, -0.15) is 0 Å². The van der Waals surface area contributed by atoms with E-state index in [2.05, 4.69) is 5.32 Å². The normalized spacial score (nSPS) is 11.1. The summed E-state index contributed by atoms with van der Waals surface area (Å²) in [5, 5.41) is 4.48. The zero-order valence-electron chi connectivity index (χ0n) is 16.0. The quantitative estimate of drug-likeness (QED) is 0.549. The van der Waals surface area contributed by atoms with Gasteiger partial charge in [0.15, 0.2) is 0 Å². The van der Waals surface area contributed by atoms with Gasteiger partial charge in [0, 0.05) is 0 Å². The average molecular weight is 409 g/mol. The zero-order chi connectivity index (χ0) is 20.5. The molecule has 7 nitrogen and oxygen atoms in total. The molecule has 3 aromatic heterocycles. The molecule has 29 heavy (non-hydrogen) atoms. The van der Waals surface area contributed by atoms with Crippen LogP contribution in [0.1, 0.15) is 16.9 Å². The summed E-state index contributed by atoms with van der Waals surface area (Å²) in [7, 11) is 0. The molecule has 0 aliphatic heterocycles. The molecule has 0 spiro atoms. The molecule has 1 aromatic carbocycles. The second-order valence-corrected chi connectivity index (χ2v) is 7.71. The van der Waals surface area contributed by atoms with Crippen molar-refractivity contribution in [2.24, 2.45) is 0 Å². The predicted octanol–water partition coefficient (Wildman–Crippen LogP) is 2.74. The molecule has 1 N–H and O–H groups in total. The summed E-state index contributed by atoms with van der Waals surface area (Å²) in [6.07, 6.45) is 1.53. The maximum atomic E-state index is 13.3. The molecule has 1 amide bonds. The standard InChI is InChI=1S/C21H19N3O4S/c1-13-5-6-14(2)17(10-13)24-20(26)19-16(7-9-29-19)23(21(24)27)12-18(25)22-11-15-4-3-8-28-15/h3-10H,11-12H2,1-2H3,(H,22,25). The van der Waals surface area contributed by atoms with Crippen LogP contribution in [0.3, 0.4) is 0 Å². The van der Waals surface area contributed by atoms with Crippen LogP contribution >= 0.6 is 11.3 Å². The van der Waals surface area contributed by atoms with Crippen LogP contribution in [0.2, 0.25) is 0 Å². The number of aromatic nitrogens is 2. The highest BCUT2D eigenvalue weighted by atomic mass is 32.1. The Morgan fingerprint density at radius 2 is 2.00 bits per heavy atom. The highest BCUT2D eigenvalue weighted by molar-refractivity contribution is 7.17. The van der Waals surface area contributed by atoms with Crippen molar-refractivity contribution >= 4 is 27.5 Å². The number of aryl methyl sites for hydroxylation is 2. The summed E-state index contributed by atoms with van der Waals surface area (Å²) in [5.41, 5.74) is 1.81. The molecule has 0 saturated heterocycles. The Morgan fingerprint density at radius 1 is 1.17 bits per heavy atom. The summed E-state index contributed by atoms with van der Waals surface area (Å²) in [6.45, 7) is 3.78. The van der Waals surface area contributed by atoms with E-state index in [-0.39, 0.29) is 24.6 Å². The number of nitrogens with zero attached hydrogens (tertiary/aromatic N) is 2. The van der Waals surface area contributed by atoms with Crippen molar-refractivity contribution in [3.8, 4) is 5.69 Å². The van der Waals surface area contributed by atoms with Crippen LogP contribution in [-0.2, 0) is 17.9 Å². The summed E-state index contributed by atoms with van der Waals surface area (Å²) < 4.78 is 8.13. The molecule has 0 unspecified atom stereocenters. The van der Waals surface area contributed by atoms with Gasteiger partial charge in [-0.05, 0) is 54.6 Å². The first-order valence-corrected chi connectivity index (χ1v) is 9.93. The second-order valence-electron chi connectivity index (χ2n) is 6.79. The largest absolute Gasteiger partial charge is 0.467 e. The number of amides is 1. The number of benzene rings is 1. The molecular weight excluding hydrogens is 390 g/mol. The van der Waals surface area contributed by atoms with Crippen molar-refractivity contribution in [3.05, 3.63) is 85.8 Å². The van der Waals surface area contributed by atoms with Crippen LogP contribution in [0.15, 0.2) is 62.0 Å². The third kappa shape index (κ3) is 3.54. The molecule has 148 valence electrons. The first kappa shape index (κ1) is 18.9. The lowest BCUT2D eigenvalue weighted by Gasteiger charge is -2.14.